The van der Waals surface area contributed by atoms with E-state index in [9.17, 15) is 0 Å². The van der Waals surface area contributed by atoms with Gasteiger partial charge in [0.25, 0.3) is 0 Å². The Kier molecular flexibility index (Phi) is 5.90. The van der Waals surface area contributed by atoms with E-state index in [0.29, 0.717) is 0 Å². The van der Waals surface area contributed by atoms with Gasteiger partial charge in [-0.05, 0) is 27.7 Å². The van der Waals surface area contributed by atoms with Gasteiger partial charge in [-0.15, -0.1) is 0 Å². The molecule has 0 radical (unpaired) electrons. The van der Waals surface area contributed by atoms with Crippen LogP contribution < -0.4 is 16.4 Å². The summed E-state index contributed by atoms with van der Waals surface area (Å²) < 4.78 is 0. The van der Waals surface area contributed by atoms with Crippen LogP contribution in [0.4, 0.5) is 0 Å². The highest BCUT2D eigenvalue weighted by Gasteiger charge is 2.32. The molecular formula is C26H32B-. The van der Waals surface area contributed by atoms with Gasteiger partial charge in [0, 0.05) is 0 Å². The van der Waals surface area contributed by atoms with Crippen LogP contribution in [0.2, 0.25) is 6.32 Å². The normalized spacial score (nSPS) is 11.6. The molecule has 0 heterocycles. The van der Waals surface area contributed by atoms with Gasteiger partial charge in [-0.1, -0.05) is 109 Å². The summed E-state index contributed by atoms with van der Waals surface area (Å²) in [6, 6.07) is 24.8. The molecule has 0 spiro atoms. The molecular weight excluding hydrogens is 323 g/mol. The van der Waals surface area contributed by atoms with Gasteiger partial charge in [0.15, 0.2) is 0 Å². The first-order valence-electron chi connectivity index (χ1n) is 10.4. The van der Waals surface area contributed by atoms with E-state index in [1.165, 1.54) is 52.3 Å². The molecule has 0 aliphatic heterocycles. The topological polar surface area (TPSA) is 0 Å². The molecule has 0 unspecified atom stereocenters. The van der Waals surface area contributed by atoms with Gasteiger partial charge < -0.3 is 0 Å². The van der Waals surface area contributed by atoms with Crippen molar-refractivity contribution in [3.63, 3.8) is 0 Å². The van der Waals surface area contributed by atoms with Crippen molar-refractivity contribution < 1.29 is 0 Å². The second-order valence-corrected chi connectivity index (χ2v) is 8.18. The van der Waals surface area contributed by atoms with E-state index in [2.05, 4.69) is 101 Å². The summed E-state index contributed by atoms with van der Waals surface area (Å²) in [5.74, 6) is 0. The maximum Gasteiger partial charge on any atom is 0.0821 e. The van der Waals surface area contributed by atoms with Crippen molar-refractivity contribution in [1.29, 1.82) is 0 Å². The van der Waals surface area contributed by atoms with E-state index in [1.807, 2.05) is 0 Å². The Hall–Kier alpha value is -2.28. The van der Waals surface area contributed by atoms with Crippen LogP contribution >= 0.6 is 0 Å². The number of benzene rings is 3. The minimum atomic E-state index is -1.00. The van der Waals surface area contributed by atoms with E-state index < -0.39 is 6.15 Å². The highest BCUT2D eigenvalue weighted by Crippen LogP contribution is 2.23. The molecule has 140 valence electrons. The molecule has 3 aromatic carbocycles. The van der Waals surface area contributed by atoms with Gasteiger partial charge in [-0.3, -0.25) is 0 Å². The van der Waals surface area contributed by atoms with E-state index in [0.717, 1.165) is 0 Å². The molecule has 0 nitrogen and oxygen atoms in total. The SMILES string of the molecule is CCCC[B-](c1ccccc1)(c1ccccc1)c1c(C)c(C)cc(C)c1C. The van der Waals surface area contributed by atoms with Crippen LogP contribution in [0.15, 0.2) is 66.7 Å². The maximum atomic E-state index is 2.35. The fourth-order valence-corrected chi connectivity index (χ4v) is 5.06. The predicted octanol–water partition coefficient (Wildman–Crippen LogP) is 5.19. The first-order chi connectivity index (χ1) is 13.0. The Morgan fingerprint density at radius 1 is 0.667 bits per heavy atom. The van der Waals surface area contributed by atoms with E-state index >= 15 is 0 Å². The van der Waals surface area contributed by atoms with Crippen LogP contribution in [0.5, 0.6) is 0 Å². The van der Waals surface area contributed by atoms with Crippen LogP contribution in [-0.2, 0) is 0 Å². The van der Waals surface area contributed by atoms with E-state index in [4.69, 9.17) is 0 Å². The van der Waals surface area contributed by atoms with E-state index in [1.54, 1.807) is 5.46 Å². The summed E-state index contributed by atoms with van der Waals surface area (Å²) in [5.41, 5.74) is 10.2. The summed E-state index contributed by atoms with van der Waals surface area (Å²) >= 11 is 0. The first-order valence-corrected chi connectivity index (χ1v) is 10.4. The molecule has 3 aromatic rings. The largest absolute Gasteiger partial charge is 0.200 e. The zero-order valence-corrected chi connectivity index (χ0v) is 17.5. The summed E-state index contributed by atoms with van der Waals surface area (Å²) in [6.45, 7) is 11.5. The predicted molar refractivity (Wildman–Crippen MR) is 123 cm³/mol. The van der Waals surface area contributed by atoms with Gasteiger partial charge in [-0.2, -0.15) is 22.7 Å². The van der Waals surface area contributed by atoms with Gasteiger partial charge in [0.05, 0.1) is 6.15 Å². The van der Waals surface area contributed by atoms with Crippen LogP contribution in [0, 0.1) is 27.7 Å². The van der Waals surface area contributed by atoms with Crippen molar-refractivity contribution in [3.8, 4) is 0 Å². The lowest BCUT2D eigenvalue weighted by Gasteiger charge is -2.46. The van der Waals surface area contributed by atoms with Crippen molar-refractivity contribution in [1.82, 2.24) is 0 Å². The monoisotopic (exact) mass is 355 g/mol. The molecule has 0 N–H and O–H groups in total. The van der Waals surface area contributed by atoms with Crippen molar-refractivity contribution in [2.24, 2.45) is 0 Å². The van der Waals surface area contributed by atoms with Crippen LogP contribution in [0.3, 0.4) is 0 Å². The molecule has 27 heavy (non-hydrogen) atoms. The summed E-state index contributed by atoms with van der Waals surface area (Å²) in [7, 11) is 0. The molecule has 0 fully saturated rings. The molecule has 3 rings (SSSR count). The lowest BCUT2D eigenvalue weighted by atomic mass is 9.13. The highest BCUT2D eigenvalue weighted by molar-refractivity contribution is 7.12. The fourth-order valence-electron chi connectivity index (χ4n) is 5.06. The minimum absolute atomic E-state index is 1.00. The lowest BCUT2D eigenvalue weighted by Crippen LogP contribution is -2.68. The Bertz CT molecular complexity index is 829. The summed E-state index contributed by atoms with van der Waals surface area (Å²) in [5, 5.41) is 0. The van der Waals surface area contributed by atoms with Gasteiger partial charge >= 0.3 is 0 Å². The maximum absolute atomic E-state index is 2.35. The third-order valence-electron chi connectivity index (χ3n) is 6.64. The second-order valence-electron chi connectivity index (χ2n) is 8.18. The van der Waals surface area contributed by atoms with Gasteiger partial charge in [0.1, 0.15) is 0 Å². The average molecular weight is 355 g/mol. The van der Waals surface area contributed by atoms with Crippen molar-refractivity contribution in [2.45, 2.75) is 53.8 Å². The van der Waals surface area contributed by atoms with Crippen LogP contribution in [0.25, 0.3) is 0 Å². The zero-order valence-electron chi connectivity index (χ0n) is 17.5. The number of unbranched alkanes of at least 4 members (excludes halogenated alkanes) is 1. The third-order valence-corrected chi connectivity index (χ3v) is 6.64. The van der Waals surface area contributed by atoms with Gasteiger partial charge in [0.2, 0.25) is 0 Å². The molecule has 0 bridgehead atoms. The number of hydrogen-bond acceptors (Lipinski definition) is 0. The molecule has 0 saturated heterocycles. The Morgan fingerprint density at radius 3 is 1.52 bits per heavy atom. The molecule has 0 aliphatic rings. The first kappa shape index (κ1) is 19.5. The Balaban J connectivity index is 2.45. The molecule has 0 aromatic heterocycles. The molecule has 0 aliphatic carbocycles. The zero-order chi connectivity index (χ0) is 19.4. The summed E-state index contributed by atoms with van der Waals surface area (Å²) in [6.07, 6.45) is 2.63. The van der Waals surface area contributed by atoms with Crippen molar-refractivity contribution in [2.75, 3.05) is 0 Å². The Labute approximate surface area is 165 Å². The average Bonchev–Trinajstić information content (AvgIpc) is 2.70. The number of hydrogen-bond donors (Lipinski definition) is 0. The van der Waals surface area contributed by atoms with Gasteiger partial charge in [-0.25, -0.2) is 0 Å². The second kappa shape index (κ2) is 8.17. The van der Waals surface area contributed by atoms with Crippen molar-refractivity contribution >= 4 is 22.5 Å². The fraction of sp³-hybridized carbons (Fsp3) is 0.308. The van der Waals surface area contributed by atoms with E-state index in [-0.39, 0.29) is 0 Å². The molecule has 0 atom stereocenters. The Morgan fingerprint density at radius 2 is 1.11 bits per heavy atom. The van der Waals surface area contributed by atoms with Crippen LogP contribution in [0.1, 0.15) is 42.0 Å². The minimum Gasteiger partial charge on any atom is -0.200 e. The number of aryl methyl sites for hydroxylation is 2. The van der Waals surface area contributed by atoms with Crippen LogP contribution in [-0.4, -0.2) is 6.15 Å². The molecule has 0 saturated carbocycles. The molecule has 0 amide bonds. The molecule has 1 heteroatoms. The highest BCUT2D eigenvalue weighted by atomic mass is 14.2. The smallest absolute Gasteiger partial charge is 0.0821 e. The third kappa shape index (κ3) is 3.48. The van der Waals surface area contributed by atoms with Crippen molar-refractivity contribution in [3.05, 3.63) is 89.0 Å². The lowest BCUT2D eigenvalue weighted by molar-refractivity contribution is 0.874. The number of rotatable bonds is 6. The summed E-state index contributed by atoms with van der Waals surface area (Å²) in [4.78, 5) is 0. The standard InChI is InChI=1S/C26H32B/c1-6-7-18-27(24-14-10-8-11-15-24,25-16-12-9-13-17-25)26-22(4)20(2)19-21(3)23(26)5/h8-17,19H,6-7,18H2,1-5H3/q-1. The quantitative estimate of drug-likeness (QED) is 0.534.